The smallest absolute Gasteiger partial charge is 0.260 e. The number of thiophene rings is 1. The standard InChI is InChI=1S/C19H20FN3O2S2/c1-10(2)8-21-16(24)11(3)27-19-22-17(25)15-14(9-26-18(15)23-19)12-4-6-13(20)7-5-12/h4-7,9-11H,8H2,1-3H3,(H,21,24)(H,22,23,25)/t11-/m0/s1. The van der Waals surface area contributed by atoms with Crippen LogP contribution in [-0.2, 0) is 4.79 Å². The van der Waals surface area contributed by atoms with E-state index in [4.69, 9.17) is 0 Å². The number of amides is 1. The van der Waals surface area contributed by atoms with Gasteiger partial charge in [-0.1, -0.05) is 37.7 Å². The van der Waals surface area contributed by atoms with Gasteiger partial charge in [-0.15, -0.1) is 11.3 Å². The monoisotopic (exact) mass is 405 g/mol. The van der Waals surface area contributed by atoms with Crippen LogP contribution < -0.4 is 10.9 Å². The van der Waals surface area contributed by atoms with Gasteiger partial charge in [-0.2, -0.15) is 0 Å². The van der Waals surface area contributed by atoms with Gasteiger partial charge in [0.1, 0.15) is 10.6 Å². The van der Waals surface area contributed by atoms with E-state index in [0.29, 0.717) is 27.8 Å². The lowest BCUT2D eigenvalue weighted by Crippen LogP contribution is -2.33. The minimum atomic E-state index is -0.374. The van der Waals surface area contributed by atoms with Gasteiger partial charge in [-0.3, -0.25) is 9.59 Å². The Morgan fingerprint density at radius 2 is 2.00 bits per heavy atom. The quantitative estimate of drug-likeness (QED) is 0.479. The van der Waals surface area contributed by atoms with Crippen LogP contribution >= 0.6 is 23.1 Å². The number of hydrogen-bond donors (Lipinski definition) is 2. The maximum Gasteiger partial charge on any atom is 0.260 e. The number of aromatic nitrogens is 2. The number of rotatable bonds is 6. The molecule has 0 fully saturated rings. The molecule has 142 valence electrons. The third-order valence-electron chi connectivity index (χ3n) is 3.92. The van der Waals surface area contributed by atoms with Crippen molar-refractivity contribution in [3.8, 4) is 11.1 Å². The molecule has 3 rings (SSSR count). The molecule has 0 aliphatic carbocycles. The van der Waals surface area contributed by atoms with Gasteiger partial charge in [0, 0.05) is 17.5 Å². The van der Waals surface area contributed by atoms with E-state index in [2.05, 4.69) is 15.3 Å². The predicted octanol–water partition coefficient (Wildman–Crippen LogP) is 4.04. The zero-order chi connectivity index (χ0) is 19.6. The molecule has 0 saturated heterocycles. The third-order valence-corrected chi connectivity index (χ3v) is 5.78. The Bertz CT molecular complexity index is 1010. The van der Waals surface area contributed by atoms with Crippen LogP contribution in [0.2, 0.25) is 0 Å². The molecule has 27 heavy (non-hydrogen) atoms. The number of benzene rings is 1. The number of thioether (sulfide) groups is 1. The van der Waals surface area contributed by atoms with Crippen LogP contribution in [0, 0.1) is 11.7 Å². The molecule has 0 aliphatic rings. The Morgan fingerprint density at radius 3 is 2.67 bits per heavy atom. The molecule has 1 amide bonds. The Kier molecular flexibility index (Phi) is 5.96. The first-order valence-corrected chi connectivity index (χ1v) is 10.3. The highest BCUT2D eigenvalue weighted by atomic mass is 32.2. The van der Waals surface area contributed by atoms with Gasteiger partial charge >= 0.3 is 0 Å². The lowest BCUT2D eigenvalue weighted by Gasteiger charge is -2.12. The summed E-state index contributed by atoms with van der Waals surface area (Å²) in [5, 5.41) is 5.23. The van der Waals surface area contributed by atoms with E-state index in [0.717, 1.165) is 11.1 Å². The third kappa shape index (κ3) is 4.56. The van der Waals surface area contributed by atoms with Gasteiger partial charge in [0.25, 0.3) is 5.56 Å². The van der Waals surface area contributed by atoms with Gasteiger partial charge in [0.2, 0.25) is 5.91 Å². The van der Waals surface area contributed by atoms with Crippen LogP contribution in [0.3, 0.4) is 0 Å². The molecule has 0 spiro atoms. The zero-order valence-corrected chi connectivity index (χ0v) is 16.8. The lowest BCUT2D eigenvalue weighted by molar-refractivity contribution is -0.120. The average Bonchev–Trinajstić information content (AvgIpc) is 3.04. The van der Waals surface area contributed by atoms with Gasteiger partial charge < -0.3 is 10.3 Å². The summed E-state index contributed by atoms with van der Waals surface area (Å²) in [6.45, 7) is 6.45. The minimum absolute atomic E-state index is 0.0883. The lowest BCUT2D eigenvalue weighted by atomic mass is 10.1. The van der Waals surface area contributed by atoms with Crippen molar-refractivity contribution in [2.24, 2.45) is 5.92 Å². The second kappa shape index (κ2) is 8.22. The summed E-state index contributed by atoms with van der Waals surface area (Å²) in [5.41, 5.74) is 1.22. The summed E-state index contributed by atoms with van der Waals surface area (Å²) in [4.78, 5) is 32.6. The zero-order valence-electron chi connectivity index (χ0n) is 15.2. The molecule has 2 heterocycles. The van der Waals surface area contributed by atoms with Crippen molar-refractivity contribution >= 4 is 39.2 Å². The van der Waals surface area contributed by atoms with Crippen molar-refractivity contribution in [2.45, 2.75) is 31.2 Å². The molecule has 0 radical (unpaired) electrons. The Hall–Kier alpha value is -2.19. The minimum Gasteiger partial charge on any atom is -0.355 e. The number of carbonyl (C=O) groups excluding carboxylic acids is 1. The number of fused-ring (bicyclic) bond motifs is 1. The summed E-state index contributed by atoms with van der Waals surface area (Å²) < 4.78 is 13.1. The van der Waals surface area contributed by atoms with Gasteiger partial charge in [-0.25, -0.2) is 9.37 Å². The van der Waals surface area contributed by atoms with Crippen LogP contribution in [0.1, 0.15) is 20.8 Å². The maximum atomic E-state index is 13.1. The average molecular weight is 406 g/mol. The van der Waals surface area contributed by atoms with Crippen LogP contribution in [0.15, 0.2) is 39.6 Å². The molecular formula is C19H20FN3O2S2. The predicted molar refractivity (Wildman–Crippen MR) is 109 cm³/mol. The molecule has 3 aromatic rings. The maximum absolute atomic E-state index is 13.1. The molecule has 1 aromatic carbocycles. The normalized spacial score (nSPS) is 12.5. The molecule has 5 nitrogen and oxygen atoms in total. The van der Waals surface area contributed by atoms with Crippen LogP contribution in [0.25, 0.3) is 21.3 Å². The molecule has 0 aliphatic heterocycles. The number of halogens is 1. The van der Waals surface area contributed by atoms with Gasteiger partial charge in [0.15, 0.2) is 5.16 Å². The van der Waals surface area contributed by atoms with Crippen molar-refractivity contribution in [2.75, 3.05) is 6.54 Å². The van der Waals surface area contributed by atoms with E-state index < -0.39 is 0 Å². The second-order valence-corrected chi connectivity index (χ2v) is 8.79. The number of hydrogen-bond acceptors (Lipinski definition) is 5. The Labute approximate surface area is 164 Å². The number of aromatic amines is 1. The first-order valence-electron chi connectivity index (χ1n) is 8.57. The summed E-state index contributed by atoms with van der Waals surface area (Å²) in [5.74, 6) is -0.0419. The van der Waals surface area contributed by atoms with E-state index in [1.165, 1.54) is 35.2 Å². The van der Waals surface area contributed by atoms with E-state index in [9.17, 15) is 14.0 Å². The molecule has 1 atom stereocenters. The SMILES string of the molecule is CC(C)CNC(=O)[C@H](C)Sc1nc2scc(-c3ccc(F)cc3)c2c(=O)[nH]1. The molecule has 0 saturated carbocycles. The fourth-order valence-corrected chi connectivity index (χ4v) is 4.32. The Morgan fingerprint density at radius 1 is 1.30 bits per heavy atom. The largest absolute Gasteiger partial charge is 0.355 e. The first-order chi connectivity index (χ1) is 12.8. The number of H-pyrrole nitrogens is 1. The van der Waals surface area contributed by atoms with Crippen LogP contribution in [0.4, 0.5) is 4.39 Å². The van der Waals surface area contributed by atoms with Crippen LogP contribution in [-0.4, -0.2) is 27.7 Å². The highest BCUT2D eigenvalue weighted by Crippen LogP contribution is 2.32. The van der Waals surface area contributed by atoms with Crippen molar-refractivity contribution in [3.05, 3.63) is 45.8 Å². The number of nitrogens with zero attached hydrogens (tertiary/aromatic N) is 1. The summed E-state index contributed by atoms with van der Waals surface area (Å²) in [7, 11) is 0. The summed E-state index contributed by atoms with van der Waals surface area (Å²) in [6, 6.07) is 6.00. The van der Waals surface area contributed by atoms with Crippen LogP contribution in [0.5, 0.6) is 0 Å². The molecule has 0 bridgehead atoms. The molecule has 0 unspecified atom stereocenters. The highest BCUT2D eigenvalue weighted by molar-refractivity contribution is 8.00. The van der Waals surface area contributed by atoms with Crippen molar-refractivity contribution in [1.29, 1.82) is 0 Å². The fraction of sp³-hybridized carbons (Fsp3) is 0.316. The topological polar surface area (TPSA) is 74.8 Å². The molecular weight excluding hydrogens is 385 g/mol. The van der Waals surface area contributed by atoms with Crippen molar-refractivity contribution < 1.29 is 9.18 Å². The molecule has 2 aromatic heterocycles. The van der Waals surface area contributed by atoms with Crippen molar-refractivity contribution in [1.82, 2.24) is 15.3 Å². The first kappa shape index (κ1) is 19.6. The van der Waals surface area contributed by atoms with Gasteiger partial charge in [0.05, 0.1) is 10.6 Å². The van der Waals surface area contributed by atoms with E-state index in [1.54, 1.807) is 19.1 Å². The Balaban J connectivity index is 1.85. The number of carbonyl (C=O) groups is 1. The molecule has 8 heteroatoms. The summed E-state index contributed by atoms with van der Waals surface area (Å²) in [6.07, 6.45) is 0. The van der Waals surface area contributed by atoms with Gasteiger partial charge in [-0.05, 0) is 30.5 Å². The second-order valence-electron chi connectivity index (χ2n) is 6.61. The van der Waals surface area contributed by atoms with E-state index in [-0.39, 0.29) is 22.5 Å². The molecule has 2 N–H and O–H groups in total. The summed E-state index contributed by atoms with van der Waals surface area (Å²) >= 11 is 2.57. The van der Waals surface area contributed by atoms with Crippen molar-refractivity contribution in [3.63, 3.8) is 0 Å². The number of nitrogens with one attached hydrogen (secondary N) is 2. The highest BCUT2D eigenvalue weighted by Gasteiger charge is 2.18. The van der Waals surface area contributed by atoms with E-state index >= 15 is 0 Å². The fourth-order valence-electron chi connectivity index (χ4n) is 2.50. The van der Waals surface area contributed by atoms with E-state index in [1.807, 2.05) is 19.2 Å².